The third kappa shape index (κ3) is 4.07. The SMILES string of the molecule is CCOc1ccc(CNC(=O)C2CCCN2c2ncccn2)cc1C. The van der Waals surface area contributed by atoms with Crippen LogP contribution in [0.5, 0.6) is 5.75 Å². The summed E-state index contributed by atoms with van der Waals surface area (Å²) in [5.74, 6) is 1.54. The van der Waals surface area contributed by atoms with Crippen LogP contribution in [0.4, 0.5) is 5.95 Å². The van der Waals surface area contributed by atoms with E-state index in [-0.39, 0.29) is 11.9 Å². The number of hydrogen-bond acceptors (Lipinski definition) is 5. The summed E-state index contributed by atoms with van der Waals surface area (Å²) in [5, 5.41) is 3.04. The van der Waals surface area contributed by atoms with E-state index in [1.165, 1.54) is 0 Å². The largest absolute Gasteiger partial charge is 0.494 e. The van der Waals surface area contributed by atoms with E-state index < -0.39 is 0 Å². The third-order valence-electron chi connectivity index (χ3n) is 4.37. The molecule has 1 saturated heterocycles. The molecule has 132 valence electrons. The van der Waals surface area contributed by atoms with Gasteiger partial charge >= 0.3 is 0 Å². The Hall–Kier alpha value is -2.63. The van der Waals surface area contributed by atoms with Crippen LogP contribution >= 0.6 is 0 Å². The lowest BCUT2D eigenvalue weighted by atomic mass is 10.1. The number of aryl methyl sites for hydroxylation is 1. The maximum Gasteiger partial charge on any atom is 0.243 e. The zero-order chi connectivity index (χ0) is 17.6. The van der Waals surface area contributed by atoms with Gasteiger partial charge in [0, 0.05) is 25.5 Å². The van der Waals surface area contributed by atoms with Crippen molar-refractivity contribution < 1.29 is 9.53 Å². The number of nitrogens with zero attached hydrogens (tertiary/aromatic N) is 3. The molecule has 6 nitrogen and oxygen atoms in total. The van der Waals surface area contributed by atoms with Crippen LogP contribution in [0.2, 0.25) is 0 Å². The molecular formula is C19H24N4O2. The van der Waals surface area contributed by atoms with Gasteiger partial charge in [0.05, 0.1) is 6.61 Å². The van der Waals surface area contributed by atoms with Crippen molar-refractivity contribution in [3.63, 3.8) is 0 Å². The highest BCUT2D eigenvalue weighted by Crippen LogP contribution is 2.22. The van der Waals surface area contributed by atoms with Crippen LogP contribution < -0.4 is 15.0 Å². The van der Waals surface area contributed by atoms with Gasteiger partial charge in [0.2, 0.25) is 11.9 Å². The molecule has 1 atom stereocenters. The molecular weight excluding hydrogens is 316 g/mol. The second kappa shape index (κ2) is 7.96. The summed E-state index contributed by atoms with van der Waals surface area (Å²) in [5.41, 5.74) is 2.14. The van der Waals surface area contributed by atoms with Crippen molar-refractivity contribution >= 4 is 11.9 Å². The highest BCUT2D eigenvalue weighted by atomic mass is 16.5. The fourth-order valence-corrected chi connectivity index (χ4v) is 3.16. The number of anilines is 1. The van der Waals surface area contributed by atoms with Gasteiger partial charge in [-0.3, -0.25) is 4.79 Å². The van der Waals surface area contributed by atoms with Crippen LogP contribution in [0.3, 0.4) is 0 Å². The van der Waals surface area contributed by atoms with E-state index in [0.717, 1.165) is 36.3 Å². The molecule has 1 aromatic heterocycles. The van der Waals surface area contributed by atoms with Gasteiger partial charge in [0.1, 0.15) is 11.8 Å². The minimum absolute atomic E-state index is 0.0245. The molecule has 0 aliphatic carbocycles. The monoisotopic (exact) mass is 340 g/mol. The van der Waals surface area contributed by atoms with Crippen molar-refractivity contribution in [3.05, 3.63) is 47.8 Å². The van der Waals surface area contributed by atoms with Crippen LogP contribution in [-0.2, 0) is 11.3 Å². The molecule has 2 heterocycles. The molecule has 2 aromatic rings. The van der Waals surface area contributed by atoms with Crippen LogP contribution in [-0.4, -0.2) is 35.1 Å². The van der Waals surface area contributed by atoms with Crippen LogP contribution in [0.1, 0.15) is 30.9 Å². The topological polar surface area (TPSA) is 67.3 Å². The van der Waals surface area contributed by atoms with Crippen molar-refractivity contribution in [2.24, 2.45) is 0 Å². The highest BCUT2D eigenvalue weighted by Gasteiger charge is 2.32. The molecule has 3 rings (SSSR count). The Bertz CT molecular complexity index is 721. The first-order valence-electron chi connectivity index (χ1n) is 8.72. The number of benzene rings is 1. The lowest BCUT2D eigenvalue weighted by Crippen LogP contribution is -2.43. The minimum Gasteiger partial charge on any atom is -0.494 e. The van der Waals surface area contributed by atoms with Crippen LogP contribution in [0.25, 0.3) is 0 Å². The summed E-state index contributed by atoms with van der Waals surface area (Å²) in [6.07, 6.45) is 5.21. The summed E-state index contributed by atoms with van der Waals surface area (Å²) in [6, 6.07) is 7.58. The van der Waals surface area contributed by atoms with E-state index in [2.05, 4.69) is 21.4 Å². The second-order valence-electron chi connectivity index (χ2n) is 6.15. The first kappa shape index (κ1) is 17.2. The smallest absolute Gasteiger partial charge is 0.243 e. The predicted octanol–water partition coefficient (Wildman–Crippen LogP) is 2.47. The molecule has 1 amide bonds. The molecule has 1 N–H and O–H groups in total. The number of aromatic nitrogens is 2. The van der Waals surface area contributed by atoms with Crippen LogP contribution in [0, 0.1) is 6.92 Å². The molecule has 0 radical (unpaired) electrons. The van der Waals surface area contributed by atoms with E-state index in [1.54, 1.807) is 18.5 Å². The van der Waals surface area contributed by atoms with Gasteiger partial charge in [-0.15, -0.1) is 0 Å². The van der Waals surface area contributed by atoms with E-state index in [4.69, 9.17) is 4.74 Å². The average molecular weight is 340 g/mol. The summed E-state index contributed by atoms with van der Waals surface area (Å²) in [7, 11) is 0. The maximum atomic E-state index is 12.6. The number of ether oxygens (including phenoxy) is 1. The molecule has 1 aliphatic heterocycles. The zero-order valence-electron chi connectivity index (χ0n) is 14.7. The fraction of sp³-hybridized carbons (Fsp3) is 0.421. The molecule has 0 bridgehead atoms. The van der Waals surface area contributed by atoms with Crippen molar-refractivity contribution in [2.45, 2.75) is 39.3 Å². The Morgan fingerprint density at radius 1 is 1.36 bits per heavy atom. The van der Waals surface area contributed by atoms with E-state index in [9.17, 15) is 4.79 Å². The molecule has 1 unspecified atom stereocenters. The number of hydrogen-bond donors (Lipinski definition) is 1. The first-order chi connectivity index (χ1) is 12.2. The van der Waals surface area contributed by atoms with E-state index in [0.29, 0.717) is 19.1 Å². The number of carbonyl (C=O) groups is 1. The Kier molecular flexibility index (Phi) is 5.48. The van der Waals surface area contributed by atoms with Gasteiger partial charge in [0.15, 0.2) is 0 Å². The van der Waals surface area contributed by atoms with Gasteiger partial charge in [0.25, 0.3) is 0 Å². The van der Waals surface area contributed by atoms with Crippen molar-refractivity contribution in [1.82, 2.24) is 15.3 Å². The van der Waals surface area contributed by atoms with E-state index >= 15 is 0 Å². The molecule has 25 heavy (non-hydrogen) atoms. The van der Waals surface area contributed by atoms with Crippen molar-refractivity contribution in [3.8, 4) is 5.75 Å². The molecule has 0 spiro atoms. The van der Waals surface area contributed by atoms with Gasteiger partial charge in [-0.25, -0.2) is 9.97 Å². The molecule has 1 aromatic carbocycles. The summed E-state index contributed by atoms with van der Waals surface area (Å²) in [6.45, 7) is 5.95. The summed E-state index contributed by atoms with van der Waals surface area (Å²) < 4.78 is 5.55. The molecule has 6 heteroatoms. The fourth-order valence-electron chi connectivity index (χ4n) is 3.16. The van der Waals surface area contributed by atoms with E-state index in [1.807, 2.05) is 30.9 Å². The van der Waals surface area contributed by atoms with Crippen molar-refractivity contribution in [2.75, 3.05) is 18.1 Å². The Balaban J connectivity index is 1.61. The third-order valence-corrected chi connectivity index (χ3v) is 4.37. The van der Waals surface area contributed by atoms with Crippen LogP contribution in [0.15, 0.2) is 36.7 Å². The number of rotatable bonds is 6. The molecule has 1 aliphatic rings. The quantitative estimate of drug-likeness (QED) is 0.875. The zero-order valence-corrected chi connectivity index (χ0v) is 14.7. The average Bonchev–Trinajstić information content (AvgIpc) is 3.12. The molecule has 1 fully saturated rings. The van der Waals surface area contributed by atoms with Gasteiger partial charge < -0.3 is 15.0 Å². The Labute approximate surface area is 148 Å². The Morgan fingerprint density at radius 3 is 2.88 bits per heavy atom. The number of amides is 1. The van der Waals surface area contributed by atoms with Gasteiger partial charge in [-0.05, 0) is 49.9 Å². The second-order valence-corrected chi connectivity index (χ2v) is 6.15. The normalized spacial score (nSPS) is 16.7. The molecule has 0 saturated carbocycles. The van der Waals surface area contributed by atoms with Gasteiger partial charge in [-0.2, -0.15) is 0 Å². The number of carbonyl (C=O) groups excluding carboxylic acids is 1. The standard InChI is InChI=1S/C19H24N4O2/c1-3-25-17-8-7-15(12-14(17)2)13-22-18(24)16-6-4-11-23(16)19-20-9-5-10-21-19/h5,7-10,12,16H,3-4,6,11,13H2,1-2H3,(H,22,24). The highest BCUT2D eigenvalue weighted by molar-refractivity contribution is 5.85. The summed E-state index contributed by atoms with van der Waals surface area (Å²) in [4.78, 5) is 23.2. The number of nitrogens with one attached hydrogen (secondary N) is 1. The lowest BCUT2D eigenvalue weighted by molar-refractivity contribution is -0.122. The first-order valence-corrected chi connectivity index (χ1v) is 8.72. The van der Waals surface area contributed by atoms with Crippen molar-refractivity contribution in [1.29, 1.82) is 0 Å². The summed E-state index contributed by atoms with van der Waals surface area (Å²) >= 11 is 0. The minimum atomic E-state index is -0.203. The Morgan fingerprint density at radius 2 is 2.16 bits per heavy atom. The maximum absolute atomic E-state index is 12.6. The lowest BCUT2D eigenvalue weighted by Gasteiger charge is -2.23. The predicted molar refractivity (Wildman–Crippen MR) is 96.6 cm³/mol. The van der Waals surface area contributed by atoms with Gasteiger partial charge in [-0.1, -0.05) is 12.1 Å².